The van der Waals surface area contributed by atoms with Crippen molar-refractivity contribution in [2.45, 2.75) is 0 Å². The molecular formula is C3H3Na3O3S3. The second-order valence-electron chi connectivity index (χ2n) is 0.289. The van der Waals surface area contributed by atoms with E-state index in [1.807, 2.05) is 0 Å². The summed E-state index contributed by atoms with van der Waals surface area (Å²) in [6.45, 7) is 0. The Labute approximate surface area is 155 Å². The minimum atomic E-state index is 0. The molecule has 0 heterocycles. The maximum atomic E-state index is 8.62. The molecular weight excluding hydrogens is 249 g/mol. The number of rotatable bonds is 0. The van der Waals surface area contributed by atoms with Crippen molar-refractivity contribution in [3.8, 4) is 0 Å². The molecule has 12 heavy (non-hydrogen) atoms. The molecule has 0 atom stereocenters. The molecule has 54 valence electrons. The Kier molecular flexibility index (Phi) is 207. The first-order valence-electron chi connectivity index (χ1n) is 1.41. The summed E-state index contributed by atoms with van der Waals surface area (Å²) < 4.78 is 0. The van der Waals surface area contributed by atoms with Gasteiger partial charge >= 0.3 is 88.7 Å². The topological polar surface area (TPSA) is 51.2 Å². The molecule has 0 rings (SSSR count). The number of carbonyl (C=O) groups is 3. The fourth-order valence-electron chi connectivity index (χ4n) is 0. The van der Waals surface area contributed by atoms with Crippen LogP contribution in [0.25, 0.3) is 0 Å². The summed E-state index contributed by atoms with van der Waals surface area (Å²) in [4.78, 5) is 25.9. The third kappa shape index (κ3) is 242. The van der Waals surface area contributed by atoms with Crippen molar-refractivity contribution in [3.05, 3.63) is 0 Å². The molecule has 0 aromatic heterocycles. The molecule has 0 aliphatic carbocycles. The predicted molar refractivity (Wildman–Crippen MR) is 42.3 cm³/mol. The molecule has 0 aliphatic heterocycles. The Balaban J connectivity index is -0.00000001000. The van der Waals surface area contributed by atoms with E-state index in [9.17, 15) is 0 Å². The first-order chi connectivity index (χ1) is 4.24. The third-order valence-corrected chi connectivity index (χ3v) is 0. The smallest absolute Gasteiger partial charge is 0.746 e. The average Bonchev–Trinajstić information content (AvgIpc) is 1.70. The summed E-state index contributed by atoms with van der Waals surface area (Å²) in [5, 5.41) is 0. The number of carbonyl (C=O) groups excluding carboxylic acids is 3. The summed E-state index contributed by atoms with van der Waals surface area (Å²) in [7, 11) is 0. The van der Waals surface area contributed by atoms with Gasteiger partial charge in [0.2, 0.25) is 0 Å². The van der Waals surface area contributed by atoms with E-state index in [0.29, 0.717) is 16.9 Å². The minimum Gasteiger partial charge on any atom is -0.746 e. The Morgan fingerprint density at radius 1 is 0.583 bits per heavy atom. The van der Waals surface area contributed by atoms with Gasteiger partial charge in [0.05, 0.1) is 0 Å². The Morgan fingerprint density at radius 2 is 0.583 bits per heavy atom. The van der Waals surface area contributed by atoms with Crippen LogP contribution >= 0.6 is 0 Å². The molecule has 0 aliphatic rings. The molecule has 0 fully saturated rings. The molecule has 0 saturated carbocycles. The molecule has 9 heteroatoms. The van der Waals surface area contributed by atoms with Gasteiger partial charge in [0.1, 0.15) is 0 Å². The molecule has 0 aromatic rings. The van der Waals surface area contributed by atoms with Crippen molar-refractivity contribution >= 4 is 54.7 Å². The molecule has 0 N–H and O–H groups in total. The van der Waals surface area contributed by atoms with Crippen LogP contribution in [0.1, 0.15) is 0 Å². The van der Waals surface area contributed by atoms with Crippen molar-refractivity contribution in [2.75, 3.05) is 0 Å². The fraction of sp³-hybridized carbons (Fsp3) is 0. The van der Waals surface area contributed by atoms with E-state index in [0.717, 1.165) is 0 Å². The fourth-order valence-corrected chi connectivity index (χ4v) is 0. The zero-order valence-electron chi connectivity index (χ0n) is 7.18. The van der Waals surface area contributed by atoms with Gasteiger partial charge in [-0.05, 0) is 16.9 Å². The molecule has 0 saturated heterocycles. The van der Waals surface area contributed by atoms with Crippen LogP contribution in [0.3, 0.4) is 0 Å². The van der Waals surface area contributed by atoms with Crippen LogP contribution in [0.4, 0.5) is 0 Å². The zero-order valence-corrected chi connectivity index (χ0v) is 15.6. The maximum Gasteiger partial charge on any atom is 1.00 e. The van der Waals surface area contributed by atoms with Crippen LogP contribution in [-0.2, 0) is 52.3 Å². The molecule has 3 nitrogen and oxygen atoms in total. The summed E-state index contributed by atoms with van der Waals surface area (Å²) in [6.07, 6.45) is 0. The van der Waals surface area contributed by atoms with Crippen LogP contribution in [0.2, 0.25) is 0 Å². The summed E-state index contributed by atoms with van der Waals surface area (Å²) in [5.74, 6) is 0. The van der Waals surface area contributed by atoms with Gasteiger partial charge in [-0.25, -0.2) is 0 Å². The Bertz CT molecular complexity index is 60.8. The van der Waals surface area contributed by atoms with E-state index >= 15 is 0 Å². The monoisotopic (exact) mass is 252 g/mol. The zero-order chi connectivity index (χ0) is 8.12. The van der Waals surface area contributed by atoms with Gasteiger partial charge in [-0.15, -0.1) is 0 Å². The average molecular weight is 252 g/mol. The van der Waals surface area contributed by atoms with Crippen molar-refractivity contribution < 1.29 is 103 Å². The molecule has 0 aromatic carbocycles. The van der Waals surface area contributed by atoms with Crippen LogP contribution in [-0.4, -0.2) is 16.9 Å². The van der Waals surface area contributed by atoms with Crippen molar-refractivity contribution in [1.82, 2.24) is 0 Å². The minimum absolute atomic E-state index is 0. The van der Waals surface area contributed by atoms with E-state index < -0.39 is 0 Å². The maximum absolute atomic E-state index is 8.62. The normalized spacial score (nSPS) is 3.00. The van der Waals surface area contributed by atoms with Gasteiger partial charge in [-0.3, -0.25) is 0 Å². The van der Waals surface area contributed by atoms with Gasteiger partial charge in [-0.2, -0.15) is 0 Å². The predicted octanol–water partition coefficient (Wildman–Crippen LogP) is -9.82. The Hall–Kier alpha value is 2.67. The molecule has 0 bridgehead atoms. The second-order valence-corrected chi connectivity index (χ2v) is 0.866. The van der Waals surface area contributed by atoms with E-state index in [4.69, 9.17) is 14.4 Å². The summed E-state index contributed by atoms with van der Waals surface area (Å²) >= 11 is 11.1. The summed E-state index contributed by atoms with van der Waals surface area (Å²) in [5.41, 5.74) is 1.00. The van der Waals surface area contributed by atoms with Gasteiger partial charge in [0, 0.05) is 0 Å². The van der Waals surface area contributed by atoms with Crippen molar-refractivity contribution in [3.63, 3.8) is 0 Å². The largest absolute Gasteiger partial charge is 1.00 e. The van der Waals surface area contributed by atoms with Gasteiger partial charge in [-0.1, -0.05) is 0 Å². The van der Waals surface area contributed by atoms with Gasteiger partial charge in [0.15, 0.2) is 0 Å². The van der Waals surface area contributed by atoms with Crippen LogP contribution < -0.4 is 88.7 Å². The van der Waals surface area contributed by atoms with E-state index in [1.165, 1.54) is 0 Å². The SMILES string of the molecule is O=C[S-].O=C[S-].O=C[S-].[Na+].[Na+].[Na+]. The van der Waals surface area contributed by atoms with Crippen molar-refractivity contribution in [2.24, 2.45) is 0 Å². The molecule has 0 unspecified atom stereocenters. The summed E-state index contributed by atoms with van der Waals surface area (Å²) in [6, 6.07) is 0. The van der Waals surface area contributed by atoms with Crippen molar-refractivity contribution in [1.29, 1.82) is 0 Å². The Morgan fingerprint density at radius 3 is 0.583 bits per heavy atom. The number of hydrogen-bond donors (Lipinski definition) is 0. The van der Waals surface area contributed by atoms with Gasteiger partial charge < -0.3 is 52.3 Å². The first kappa shape index (κ1) is 36.5. The third-order valence-electron chi connectivity index (χ3n) is 0. The first-order valence-corrected chi connectivity index (χ1v) is 2.83. The van der Waals surface area contributed by atoms with Crippen LogP contribution in [0, 0.1) is 0 Å². The van der Waals surface area contributed by atoms with Crippen LogP contribution in [0.5, 0.6) is 0 Å². The van der Waals surface area contributed by atoms with E-state index in [-0.39, 0.29) is 88.7 Å². The molecule has 0 amide bonds. The quantitative estimate of drug-likeness (QED) is 0.242. The second kappa shape index (κ2) is 68.3. The number of hydrogen-bond acceptors (Lipinski definition) is 6. The van der Waals surface area contributed by atoms with Crippen LogP contribution in [0.15, 0.2) is 0 Å². The molecule has 0 radical (unpaired) electrons. The van der Waals surface area contributed by atoms with E-state index in [2.05, 4.69) is 37.9 Å². The van der Waals surface area contributed by atoms with E-state index in [1.54, 1.807) is 0 Å². The standard InChI is InChI=1S/3CH2OS.3Na/c3*2-1-3;;;/h3*1H,(H,2,3);;;/q;;;3*+1/p-3. The van der Waals surface area contributed by atoms with Gasteiger partial charge in [0.25, 0.3) is 0 Å². The molecule has 0 spiro atoms.